The van der Waals surface area contributed by atoms with Crippen LogP contribution in [-0.4, -0.2) is 31.2 Å². The molecule has 4 nitrogen and oxygen atoms in total. The molecule has 0 aliphatic rings. The second kappa shape index (κ2) is 10.9. The zero-order chi connectivity index (χ0) is 26.7. The van der Waals surface area contributed by atoms with Gasteiger partial charge in [0.05, 0.1) is 11.4 Å². The molecule has 0 aliphatic carbocycles. The number of hydrogen-bond donors (Lipinski definition) is 0. The number of hydrogen-bond acceptors (Lipinski definition) is 4. The zero-order valence-electron chi connectivity index (χ0n) is 20.2. The Hall–Kier alpha value is -3.07. The first kappa shape index (κ1) is 27.5. The summed E-state index contributed by atoms with van der Waals surface area (Å²) >= 11 is 0. The van der Waals surface area contributed by atoms with E-state index in [0.717, 1.165) is 17.9 Å². The molecule has 3 rings (SSSR count). The lowest BCUT2D eigenvalue weighted by Crippen LogP contribution is -2.13. The van der Waals surface area contributed by atoms with Crippen molar-refractivity contribution in [2.75, 3.05) is 12.0 Å². The van der Waals surface area contributed by atoms with Crippen LogP contribution < -0.4 is 0 Å². The van der Waals surface area contributed by atoms with Crippen LogP contribution in [0.5, 0.6) is 0 Å². The van der Waals surface area contributed by atoms with Gasteiger partial charge in [0.25, 0.3) is 0 Å². The topological polar surface area (TPSA) is 64.1 Å². The van der Waals surface area contributed by atoms with Crippen molar-refractivity contribution >= 4 is 15.6 Å². The van der Waals surface area contributed by atoms with E-state index in [-0.39, 0.29) is 42.1 Å². The lowest BCUT2D eigenvalue weighted by molar-refractivity contribution is -0.141. The van der Waals surface area contributed by atoms with Crippen molar-refractivity contribution in [2.24, 2.45) is 0 Å². The Morgan fingerprint density at radius 1 is 1.00 bits per heavy atom. The molecular formula is C27H27F4NO3S. The Morgan fingerprint density at radius 2 is 1.69 bits per heavy atom. The molecule has 0 unspecified atom stereocenters. The van der Waals surface area contributed by atoms with E-state index >= 15 is 0 Å². The van der Waals surface area contributed by atoms with E-state index in [0.29, 0.717) is 16.7 Å². The number of nitrogens with zero attached hydrogens (tertiary/aromatic N) is 1. The van der Waals surface area contributed by atoms with E-state index < -0.39 is 33.4 Å². The smallest absolute Gasteiger partial charge is 0.299 e. The molecule has 0 radical (unpaired) electrons. The lowest BCUT2D eigenvalue weighted by atomic mass is 9.91. The molecule has 0 spiro atoms. The maximum absolute atomic E-state index is 14.5. The van der Waals surface area contributed by atoms with Gasteiger partial charge in [-0.1, -0.05) is 48.9 Å². The van der Waals surface area contributed by atoms with Crippen LogP contribution in [-0.2, 0) is 33.6 Å². The molecule has 0 bridgehead atoms. The molecule has 192 valence electrons. The van der Waals surface area contributed by atoms with Gasteiger partial charge in [-0.15, -0.1) is 0 Å². The van der Waals surface area contributed by atoms with Gasteiger partial charge in [-0.25, -0.2) is 17.8 Å². The Labute approximate surface area is 208 Å². The quantitative estimate of drug-likeness (QED) is 0.319. The van der Waals surface area contributed by atoms with Crippen LogP contribution in [0.4, 0.5) is 17.6 Å². The molecule has 0 N–H and O–H groups in total. The Balaban J connectivity index is 1.78. The van der Waals surface area contributed by atoms with Crippen LogP contribution in [0, 0.1) is 12.7 Å². The van der Waals surface area contributed by atoms with Gasteiger partial charge in [0.15, 0.2) is 0 Å². The SMILES string of the molecule is Cc1cccc(-c2nc(C(F)(F)F)ccc2CCC(=O)[C@H](C)c2ccc(CCS(C)(=O)=O)c(F)c2)c1. The first-order valence-electron chi connectivity index (χ1n) is 11.4. The highest BCUT2D eigenvalue weighted by Gasteiger charge is 2.33. The number of benzene rings is 2. The second-order valence-corrected chi connectivity index (χ2v) is 11.2. The van der Waals surface area contributed by atoms with Crippen LogP contribution in [0.3, 0.4) is 0 Å². The molecule has 0 saturated heterocycles. The highest BCUT2D eigenvalue weighted by molar-refractivity contribution is 7.90. The fourth-order valence-corrected chi connectivity index (χ4v) is 4.47. The average Bonchev–Trinajstić information content (AvgIpc) is 2.80. The maximum atomic E-state index is 14.5. The van der Waals surface area contributed by atoms with Gasteiger partial charge in [0, 0.05) is 24.2 Å². The predicted molar refractivity (Wildman–Crippen MR) is 131 cm³/mol. The molecule has 9 heteroatoms. The van der Waals surface area contributed by atoms with Gasteiger partial charge in [0.1, 0.15) is 27.1 Å². The van der Waals surface area contributed by atoms with Crippen LogP contribution >= 0.6 is 0 Å². The molecular weight excluding hydrogens is 494 g/mol. The average molecular weight is 522 g/mol. The first-order valence-corrected chi connectivity index (χ1v) is 13.4. The number of rotatable bonds is 9. The fraction of sp³-hybridized carbons (Fsp3) is 0.333. The van der Waals surface area contributed by atoms with Crippen LogP contribution in [0.2, 0.25) is 0 Å². The standard InChI is InChI=1S/C27H27F4NO3S/c1-17-5-4-6-22(15-17)26-20(10-12-25(32-26)27(29,30)31)9-11-24(33)18(2)21-8-7-19(23(28)16-21)13-14-36(3,34)35/h4-8,10,12,15-16,18H,9,11,13-14H2,1-3H3/t18-/m1/s1. The third kappa shape index (κ3) is 7.22. The van der Waals surface area contributed by atoms with E-state index in [1.807, 2.05) is 13.0 Å². The second-order valence-electron chi connectivity index (χ2n) is 8.99. The molecule has 0 amide bonds. The first-order chi connectivity index (χ1) is 16.7. The molecule has 0 aliphatic heterocycles. The fourth-order valence-electron chi connectivity index (χ4n) is 3.88. The van der Waals surface area contributed by atoms with Gasteiger partial charge in [-0.2, -0.15) is 13.2 Å². The number of sulfone groups is 1. The Bertz CT molecular complexity index is 1370. The number of aryl methyl sites for hydroxylation is 3. The number of carbonyl (C=O) groups is 1. The van der Waals surface area contributed by atoms with Crippen LogP contribution in [0.15, 0.2) is 54.6 Å². The van der Waals surface area contributed by atoms with E-state index in [2.05, 4.69) is 4.98 Å². The minimum Gasteiger partial charge on any atom is -0.299 e. The predicted octanol–water partition coefficient (Wildman–Crippen LogP) is 6.11. The van der Waals surface area contributed by atoms with Gasteiger partial charge in [-0.3, -0.25) is 4.79 Å². The number of pyridine rings is 1. The molecule has 0 saturated carbocycles. The molecule has 1 heterocycles. The summed E-state index contributed by atoms with van der Waals surface area (Å²) in [5.74, 6) is -1.60. The summed E-state index contributed by atoms with van der Waals surface area (Å²) in [7, 11) is -3.24. The summed E-state index contributed by atoms with van der Waals surface area (Å²) in [6.07, 6.45) is -3.28. The number of alkyl halides is 3. The van der Waals surface area contributed by atoms with Gasteiger partial charge < -0.3 is 0 Å². The maximum Gasteiger partial charge on any atom is 0.433 e. The minimum atomic E-state index is -4.60. The molecule has 1 atom stereocenters. The van der Waals surface area contributed by atoms with Gasteiger partial charge >= 0.3 is 6.18 Å². The highest BCUT2D eigenvalue weighted by Crippen LogP contribution is 2.32. The lowest BCUT2D eigenvalue weighted by Gasteiger charge is -2.15. The normalized spacial score (nSPS) is 13.0. The monoisotopic (exact) mass is 521 g/mol. The summed E-state index contributed by atoms with van der Waals surface area (Å²) in [6.45, 7) is 3.47. The third-order valence-corrected chi connectivity index (χ3v) is 6.95. The number of Topliss-reactive ketones (excluding diaryl/α,β-unsaturated/α-hetero) is 1. The summed E-state index contributed by atoms with van der Waals surface area (Å²) in [4.78, 5) is 16.8. The Kier molecular flexibility index (Phi) is 8.33. The van der Waals surface area contributed by atoms with Crippen molar-refractivity contribution in [3.63, 3.8) is 0 Å². The summed E-state index contributed by atoms with van der Waals surface area (Å²) in [5.41, 5.74) is 1.78. The highest BCUT2D eigenvalue weighted by atomic mass is 32.2. The number of carbonyl (C=O) groups excluding carboxylic acids is 1. The number of ketones is 1. The molecule has 1 aromatic heterocycles. The van der Waals surface area contributed by atoms with Crippen molar-refractivity contribution < 1.29 is 30.8 Å². The summed E-state index contributed by atoms with van der Waals surface area (Å²) in [5, 5.41) is 0. The van der Waals surface area contributed by atoms with Crippen LogP contribution in [0.1, 0.15) is 47.2 Å². The van der Waals surface area contributed by atoms with Gasteiger partial charge in [0.2, 0.25) is 0 Å². The summed E-state index contributed by atoms with van der Waals surface area (Å²) in [6, 6.07) is 13.6. The minimum absolute atomic E-state index is 0.0322. The van der Waals surface area contributed by atoms with E-state index in [1.165, 1.54) is 18.2 Å². The van der Waals surface area contributed by atoms with Crippen molar-refractivity contribution in [1.82, 2.24) is 4.98 Å². The van der Waals surface area contributed by atoms with E-state index in [4.69, 9.17) is 0 Å². The van der Waals surface area contributed by atoms with E-state index in [9.17, 15) is 30.8 Å². The third-order valence-electron chi connectivity index (χ3n) is 6.00. The molecule has 3 aromatic rings. The molecule has 2 aromatic carbocycles. The number of halogens is 4. The van der Waals surface area contributed by atoms with Crippen molar-refractivity contribution in [1.29, 1.82) is 0 Å². The van der Waals surface area contributed by atoms with Crippen LogP contribution in [0.25, 0.3) is 11.3 Å². The van der Waals surface area contributed by atoms with Gasteiger partial charge in [-0.05, 0) is 54.7 Å². The molecule has 0 fully saturated rings. The summed E-state index contributed by atoms with van der Waals surface area (Å²) < 4.78 is 77.1. The Morgan fingerprint density at radius 3 is 2.31 bits per heavy atom. The van der Waals surface area contributed by atoms with Crippen molar-refractivity contribution in [3.05, 3.63) is 88.4 Å². The molecule has 36 heavy (non-hydrogen) atoms. The van der Waals surface area contributed by atoms with Crippen molar-refractivity contribution in [3.8, 4) is 11.3 Å². The zero-order valence-corrected chi connectivity index (χ0v) is 21.0. The van der Waals surface area contributed by atoms with Crippen molar-refractivity contribution in [2.45, 2.75) is 45.2 Å². The van der Waals surface area contributed by atoms with E-state index in [1.54, 1.807) is 31.2 Å². The largest absolute Gasteiger partial charge is 0.433 e. The number of aromatic nitrogens is 1.